The number of anilines is 1. The third-order valence-corrected chi connectivity index (χ3v) is 3.24. The summed E-state index contributed by atoms with van der Waals surface area (Å²) >= 11 is 0. The molecule has 5 heteroatoms. The predicted molar refractivity (Wildman–Crippen MR) is 82.1 cm³/mol. The lowest BCUT2D eigenvalue weighted by Gasteiger charge is -2.21. The van der Waals surface area contributed by atoms with Crippen LogP contribution in [0.2, 0.25) is 0 Å². The number of ether oxygens (including phenoxy) is 1. The zero-order valence-corrected chi connectivity index (χ0v) is 12.2. The minimum Gasteiger partial charge on any atom is -0.497 e. The average Bonchev–Trinajstić information content (AvgIpc) is 2.53. The minimum absolute atomic E-state index is 0.161. The Morgan fingerprint density at radius 3 is 2.57 bits per heavy atom. The van der Waals surface area contributed by atoms with Gasteiger partial charge in [-0.1, -0.05) is 12.1 Å². The van der Waals surface area contributed by atoms with Gasteiger partial charge in [-0.15, -0.1) is 0 Å². The maximum atomic E-state index is 12.5. The van der Waals surface area contributed by atoms with Gasteiger partial charge in [0.25, 0.3) is 5.91 Å². The second kappa shape index (κ2) is 6.74. The van der Waals surface area contributed by atoms with Crippen LogP contribution < -0.4 is 10.5 Å². The fourth-order valence-electron chi connectivity index (χ4n) is 2.02. The molecule has 0 atom stereocenters. The van der Waals surface area contributed by atoms with Gasteiger partial charge in [-0.2, -0.15) is 0 Å². The van der Waals surface area contributed by atoms with Crippen LogP contribution in [0.25, 0.3) is 0 Å². The van der Waals surface area contributed by atoms with Gasteiger partial charge in [0.1, 0.15) is 5.75 Å². The Kier molecular flexibility index (Phi) is 4.77. The van der Waals surface area contributed by atoms with Crippen molar-refractivity contribution in [3.63, 3.8) is 0 Å². The molecule has 5 nitrogen and oxygen atoms in total. The zero-order valence-electron chi connectivity index (χ0n) is 12.2. The Morgan fingerprint density at radius 1 is 1.29 bits per heavy atom. The van der Waals surface area contributed by atoms with Crippen molar-refractivity contribution in [1.82, 2.24) is 9.88 Å². The highest BCUT2D eigenvalue weighted by Gasteiger charge is 2.18. The molecule has 1 heterocycles. The second-order valence-corrected chi connectivity index (χ2v) is 4.61. The first kappa shape index (κ1) is 14.8. The van der Waals surface area contributed by atoms with E-state index in [0.717, 1.165) is 11.3 Å². The molecule has 1 aromatic heterocycles. The Bertz CT molecular complexity index is 611. The van der Waals surface area contributed by atoms with Crippen molar-refractivity contribution >= 4 is 11.6 Å². The Labute approximate surface area is 124 Å². The highest BCUT2D eigenvalue weighted by Crippen LogP contribution is 2.16. The predicted octanol–water partition coefficient (Wildman–Crippen LogP) is 2.33. The number of hydrogen-bond acceptors (Lipinski definition) is 4. The maximum absolute atomic E-state index is 12.5. The number of methoxy groups -OCH3 is 1. The van der Waals surface area contributed by atoms with Crippen LogP contribution in [0.1, 0.15) is 23.0 Å². The fraction of sp³-hybridized carbons (Fsp3) is 0.250. The minimum atomic E-state index is -0.161. The van der Waals surface area contributed by atoms with Gasteiger partial charge in [0, 0.05) is 19.3 Å². The first-order chi connectivity index (χ1) is 10.2. The molecule has 0 spiro atoms. The van der Waals surface area contributed by atoms with Crippen molar-refractivity contribution in [2.45, 2.75) is 13.5 Å². The number of aromatic nitrogens is 1. The number of benzene rings is 1. The second-order valence-electron chi connectivity index (χ2n) is 4.61. The molecular formula is C16H19N3O2. The van der Waals surface area contributed by atoms with Gasteiger partial charge in [0.15, 0.2) is 5.69 Å². The molecule has 0 unspecified atom stereocenters. The lowest BCUT2D eigenvalue weighted by molar-refractivity contribution is 0.0748. The van der Waals surface area contributed by atoms with E-state index in [2.05, 4.69) is 4.98 Å². The molecule has 0 radical (unpaired) electrons. The van der Waals surface area contributed by atoms with Crippen LogP contribution in [0.15, 0.2) is 42.6 Å². The molecule has 21 heavy (non-hydrogen) atoms. The molecule has 0 aliphatic rings. The van der Waals surface area contributed by atoms with E-state index in [1.807, 2.05) is 31.2 Å². The van der Waals surface area contributed by atoms with Crippen molar-refractivity contribution in [2.75, 3.05) is 19.4 Å². The number of carbonyl (C=O) groups excluding carboxylic acids is 1. The third kappa shape index (κ3) is 3.51. The van der Waals surface area contributed by atoms with Crippen LogP contribution in [0, 0.1) is 0 Å². The molecule has 110 valence electrons. The van der Waals surface area contributed by atoms with E-state index in [4.69, 9.17) is 10.5 Å². The third-order valence-electron chi connectivity index (χ3n) is 3.24. The van der Waals surface area contributed by atoms with Gasteiger partial charge in [-0.25, -0.2) is 4.98 Å². The van der Waals surface area contributed by atoms with E-state index in [9.17, 15) is 4.79 Å². The van der Waals surface area contributed by atoms with Gasteiger partial charge in [0.05, 0.1) is 12.8 Å². The number of carbonyl (C=O) groups is 1. The molecule has 2 aromatic rings. The normalized spacial score (nSPS) is 10.2. The molecule has 2 N–H and O–H groups in total. The van der Waals surface area contributed by atoms with Gasteiger partial charge >= 0.3 is 0 Å². The summed E-state index contributed by atoms with van der Waals surface area (Å²) in [5.74, 6) is 0.633. The molecule has 0 fully saturated rings. The number of hydrogen-bond donors (Lipinski definition) is 1. The molecule has 0 bridgehead atoms. The largest absolute Gasteiger partial charge is 0.497 e. The topological polar surface area (TPSA) is 68.5 Å². The summed E-state index contributed by atoms with van der Waals surface area (Å²) in [6, 6.07) is 11.0. The van der Waals surface area contributed by atoms with E-state index in [0.29, 0.717) is 24.5 Å². The Balaban J connectivity index is 2.15. The summed E-state index contributed by atoms with van der Waals surface area (Å²) < 4.78 is 5.13. The molecule has 0 saturated carbocycles. The van der Waals surface area contributed by atoms with E-state index in [-0.39, 0.29) is 5.91 Å². The van der Waals surface area contributed by atoms with Crippen LogP contribution >= 0.6 is 0 Å². The van der Waals surface area contributed by atoms with E-state index in [1.165, 1.54) is 0 Å². The quantitative estimate of drug-likeness (QED) is 0.915. The average molecular weight is 285 g/mol. The van der Waals surface area contributed by atoms with Crippen LogP contribution in [-0.4, -0.2) is 29.4 Å². The van der Waals surface area contributed by atoms with Gasteiger partial charge in [-0.3, -0.25) is 4.79 Å². The summed E-state index contributed by atoms with van der Waals surface area (Å²) in [6.45, 7) is 3.02. The monoisotopic (exact) mass is 285 g/mol. The molecule has 1 amide bonds. The van der Waals surface area contributed by atoms with E-state index >= 15 is 0 Å². The van der Waals surface area contributed by atoms with Crippen molar-refractivity contribution < 1.29 is 9.53 Å². The number of amides is 1. The number of nitrogens with two attached hydrogens (primary N) is 1. The van der Waals surface area contributed by atoms with Crippen molar-refractivity contribution in [3.8, 4) is 5.75 Å². The van der Waals surface area contributed by atoms with Crippen LogP contribution in [-0.2, 0) is 6.54 Å². The molecule has 2 rings (SSSR count). The summed E-state index contributed by atoms with van der Waals surface area (Å²) in [4.78, 5) is 18.3. The van der Waals surface area contributed by atoms with Gasteiger partial charge < -0.3 is 15.4 Å². The van der Waals surface area contributed by atoms with E-state index < -0.39 is 0 Å². The summed E-state index contributed by atoms with van der Waals surface area (Å²) in [7, 11) is 1.63. The fourth-order valence-corrected chi connectivity index (χ4v) is 2.02. The van der Waals surface area contributed by atoms with Crippen LogP contribution in [0.3, 0.4) is 0 Å². The summed E-state index contributed by atoms with van der Waals surface area (Å²) in [5, 5.41) is 0. The lowest BCUT2D eigenvalue weighted by atomic mass is 10.2. The van der Waals surface area contributed by atoms with Crippen molar-refractivity contribution in [3.05, 3.63) is 53.9 Å². The highest BCUT2D eigenvalue weighted by atomic mass is 16.5. The number of nitrogens with zero attached hydrogens (tertiary/aromatic N) is 2. The Hall–Kier alpha value is -2.56. The first-order valence-corrected chi connectivity index (χ1v) is 6.78. The molecule has 0 aliphatic heterocycles. The van der Waals surface area contributed by atoms with Gasteiger partial charge in [0.2, 0.25) is 0 Å². The van der Waals surface area contributed by atoms with Crippen molar-refractivity contribution in [1.29, 1.82) is 0 Å². The number of pyridine rings is 1. The first-order valence-electron chi connectivity index (χ1n) is 6.78. The number of nitrogen functional groups attached to an aromatic ring is 1. The lowest BCUT2D eigenvalue weighted by Crippen LogP contribution is -2.31. The van der Waals surface area contributed by atoms with Crippen LogP contribution in [0.4, 0.5) is 5.69 Å². The number of rotatable bonds is 5. The van der Waals surface area contributed by atoms with Gasteiger partial charge in [-0.05, 0) is 36.8 Å². The van der Waals surface area contributed by atoms with Crippen LogP contribution in [0.5, 0.6) is 5.75 Å². The Morgan fingerprint density at radius 2 is 2.00 bits per heavy atom. The highest BCUT2D eigenvalue weighted by molar-refractivity contribution is 5.97. The molecule has 1 aromatic carbocycles. The van der Waals surface area contributed by atoms with E-state index in [1.54, 1.807) is 30.3 Å². The standard InChI is InChI=1S/C16H19N3O2/c1-3-19(11-12-6-8-13(21-2)9-7-12)16(20)15-14(17)5-4-10-18-15/h4-10H,3,11,17H2,1-2H3. The smallest absolute Gasteiger partial charge is 0.274 e. The molecule has 0 aliphatic carbocycles. The molecular weight excluding hydrogens is 266 g/mol. The SMILES string of the molecule is CCN(Cc1ccc(OC)cc1)C(=O)c1ncccc1N. The summed E-state index contributed by atoms with van der Waals surface area (Å²) in [5.41, 5.74) is 7.54. The van der Waals surface area contributed by atoms with Crippen molar-refractivity contribution in [2.24, 2.45) is 0 Å². The zero-order chi connectivity index (χ0) is 15.2. The molecule has 0 saturated heterocycles. The maximum Gasteiger partial charge on any atom is 0.274 e. The summed E-state index contributed by atoms with van der Waals surface area (Å²) in [6.07, 6.45) is 1.57.